The molecule has 0 saturated carbocycles. The second kappa shape index (κ2) is 5.09. The van der Waals surface area contributed by atoms with Gasteiger partial charge in [0.15, 0.2) is 11.2 Å². The van der Waals surface area contributed by atoms with Crippen LogP contribution in [0.4, 0.5) is 0 Å². The van der Waals surface area contributed by atoms with Gasteiger partial charge in [0.1, 0.15) is 0 Å². The molecule has 2 aromatic rings. The first-order valence-corrected chi connectivity index (χ1v) is 5.82. The second-order valence-corrected chi connectivity index (χ2v) is 4.29. The zero-order valence-electron chi connectivity index (χ0n) is 9.26. The molecule has 0 aliphatic carbocycles. The molecule has 0 saturated heterocycles. The Morgan fingerprint density at radius 3 is 3.12 bits per heavy atom. The number of pyridine rings is 1. The number of hydrogen-bond acceptors (Lipinski definition) is 4. The lowest BCUT2D eigenvalue weighted by Gasteiger charge is -2.00. The van der Waals surface area contributed by atoms with E-state index >= 15 is 0 Å². The largest absolute Gasteiger partial charge is 0.421 e. The predicted molar refractivity (Wildman–Crippen MR) is 68.9 cm³/mol. The van der Waals surface area contributed by atoms with Gasteiger partial charge in [-0.05, 0) is 31.4 Å². The number of hydrogen-bond donors (Lipinski definition) is 1. The summed E-state index contributed by atoms with van der Waals surface area (Å²) in [4.78, 5) is 16.2. The van der Waals surface area contributed by atoms with Crippen molar-refractivity contribution in [3.05, 3.63) is 28.9 Å². The van der Waals surface area contributed by atoms with E-state index in [1.165, 1.54) is 4.57 Å². The molecule has 0 aliphatic rings. The van der Waals surface area contributed by atoms with Crippen molar-refractivity contribution >= 4 is 28.4 Å². The van der Waals surface area contributed by atoms with Gasteiger partial charge in [-0.1, -0.05) is 12.2 Å². The van der Waals surface area contributed by atoms with Crippen LogP contribution in [0.1, 0.15) is 19.3 Å². The maximum absolute atomic E-state index is 11.6. The van der Waals surface area contributed by atoms with Crippen LogP contribution >= 0.6 is 12.2 Å². The van der Waals surface area contributed by atoms with Gasteiger partial charge in [0.2, 0.25) is 0 Å². The molecule has 0 spiro atoms. The van der Waals surface area contributed by atoms with Crippen molar-refractivity contribution in [3.8, 4) is 0 Å². The number of fused-ring (bicyclic) bond motifs is 1. The highest BCUT2D eigenvalue weighted by Gasteiger charge is 2.08. The van der Waals surface area contributed by atoms with Crippen molar-refractivity contribution in [1.82, 2.24) is 9.55 Å². The molecule has 0 fully saturated rings. The Bertz CT molecular complexity index is 588. The summed E-state index contributed by atoms with van der Waals surface area (Å²) >= 11 is 4.79. The van der Waals surface area contributed by atoms with Crippen molar-refractivity contribution in [3.63, 3.8) is 0 Å². The maximum atomic E-state index is 11.6. The quantitative estimate of drug-likeness (QED) is 0.643. The highest BCUT2D eigenvalue weighted by Crippen LogP contribution is 2.09. The van der Waals surface area contributed by atoms with E-state index in [1.807, 2.05) is 0 Å². The van der Waals surface area contributed by atoms with E-state index in [4.69, 9.17) is 22.4 Å². The molecule has 0 amide bonds. The van der Waals surface area contributed by atoms with E-state index in [0.29, 0.717) is 29.2 Å². The summed E-state index contributed by atoms with van der Waals surface area (Å²) in [6.07, 6.45) is 4.03. The average Bonchev–Trinajstić information content (AvgIpc) is 2.60. The summed E-state index contributed by atoms with van der Waals surface area (Å²) in [5.41, 5.74) is 6.52. The fraction of sp³-hybridized carbons (Fsp3) is 0.364. The van der Waals surface area contributed by atoms with E-state index in [1.54, 1.807) is 18.3 Å². The van der Waals surface area contributed by atoms with Crippen molar-refractivity contribution in [2.45, 2.75) is 25.8 Å². The molecule has 0 aromatic carbocycles. The fourth-order valence-corrected chi connectivity index (χ4v) is 1.81. The van der Waals surface area contributed by atoms with Gasteiger partial charge in [0, 0.05) is 12.7 Å². The molecule has 6 heteroatoms. The predicted octanol–water partition coefficient (Wildman–Crippen LogP) is 1.45. The lowest BCUT2D eigenvalue weighted by Crippen LogP contribution is -2.15. The van der Waals surface area contributed by atoms with Crippen molar-refractivity contribution in [2.75, 3.05) is 0 Å². The Morgan fingerprint density at radius 1 is 1.53 bits per heavy atom. The lowest BCUT2D eigenvalue weighted by molar-refractivity contribution is 0.493. The first-order chi connectivity index (χ1) is 8.18. The minimum absolute atomic E-state index is 0.367. The van der Waals surface area contributed by atoms with Crippen LogP contribution in [0.2, 0.25) is 0 Å². The fourth-order valence-electron chi connectivity index (χ4n) is 1.67. The van der Waals surface area contributed by atoms with E-state index in [0.717, 1.165) is 12.8 Å². The summed E-state index contributed by atoms with van der Waals surface area (Å²) in [6.45, 7) is 0.575. The monoisotopic (exact) mass is 251 g/mol. The molecule has 2 heterocycles. The minimum Gasteiger partial charge on any atom is -0.406 e. The van der Waals surface area contributed by atoms with Crippen LogP contribution in [0.15, 0.2) is 27.5 Å². The number of rotatable bonds is 5. The molecule has 2 aromatic heterocycles. The first-order valence-electron chi connectivity index (χ1n) is 5.41. The Balaban J connectivity index is 2.10. The highest BCUT2D eigenvalue weighted by molar-refractivity contribution is 7.80. The SMILES string of the molecule is NC(=S)CCCCn1c(=O)oc2cccnc21. The molecule has 0 aliphatic heterocycles. The van der Waals surface area contributed by atoms with Crippen LogP contribution in [0.3, 0.4) is 0 Å². The van der Waals surface area contributed by atoms with Gasteiger partial charge in [0.05, 0.1) is 4.99 Å². The number of nitrogens with two attached hydrogens (primary N) is 1. The minimum atomic E-state index is -0.367. The summed E-state index contributed by atoms with van der Waals surface area (Å²) in [5.74, 6) is -0.367. The standard InChI is InChI=1S/C11H13N3O2S/c12-9(17)5-1-2-7-14-10-8(16-11(14)15)4-3-6-13-10/h3-4,6H,1-2,5,7H2,(H2,12,17). The Hall–Kier alpha value is -1.69. The third-order valence-corrected chi connectivity index (χ3v) is 2.68. The smallest absolute Gasteiger partial charge is 0.406 e. The molecule has 90 valence electrons. The number of oxazole rings is 1. The van der Waals surface area contributed by atoms with Crippen LogP contribution in [-0.4, -0.2) is 14.5 Å². The highest BCUT2D eigenvalue weighted by atomic mass is 32.1. The Morgan fingerprint density at radius 2 is 2.35 bits per heavy atom. The number of thiocarbonyl (C=S) groups is 1. The first kappa shape index (κ1) is 11.8. The van der Waals surface area contributed by atoms with E-state index in [9.17, 15) is 4.79 Å². The third kappa shape index (κ3) is 2.71. The number of aryl methyl sites for hydroxylation is 1. The van der Waals surface area contributed by atoms with Gasteiger partial charge in [-0.15, -0.1) is 0 Å². The van der Waals surface area contributed by atoms with Crippen LogP contribution in [0.25, 0.3) is 11.2 Å². The van der Waals surface area contributed by atoms with Gasteiger partial charge < -0.3 is 10.2 Å². The molecule has 0 radical (unpaired) electrons. The Labute approximate surface area is 103 Å². The number of unbranched alkanes of at least 4 members (excludes halogenated alkanes) is 1. The molecule has 2 N–H and O–H groups in total. The van der Waals surface area contributed by atoms with Crippen molar-refractivity contribution < 1.29 is 4.42 Å². The summed E-state index contributed by atoms with van der Waals surface area (Å²) in [6, 6.07) is 3.47. The average molecular weight is 251 g/mol. The van der Waals surface area contributed by atoms with Crippen molar-refractivity contribution in [1.29, 1.82) is 0 Å². The second-order valence-electron chi connectivity index (χ2n) is 3.77. The van der Waals surface area contributed by atoms with Gasteiger partial charge >= 0.3 is 5.76 Å². The van der Waals surface area contributed by atoms with E-state index in [2.05, 4.69) is 4.98 Å². The van der Waals surface area contributed by atoms with Gasteiger partial charge in [-0.2, -0.15) is 0 Å². The molecule has 17 heavy (non-hydrogen) atoms. The molecular weight excluding hydrogens is 238 g/mol. The third-order valence-electron chi connectivity index (χ3n) is 2.48. The van der Waals surface area contributed by atoms with E-state index < -0.39 is 0 Å². The lowest BCUT2D eigenvalue weighted by atomic mass is 10.2. The molecule has 2 rings (SSSR count). The van der Waals surface area contributed by atoms with Crippen LogP contribution in [0.5, 0.6) is 0 Å². The molecule has 0 unspecified atom stereocenters. The van der Waals surface area contributed by atoms with Crippen molar-refractivity contribution in [2.24, 2.45) is 5.73 Å². The number of nitrogens with zero attached hydrogens (tertiary/aromatic N) is 2. The normalized spacial score (nSPS) is 10.8. The van der Waals surface area contributed by atoms with Gasteiger partial charge in [-0.3, -0.25) is 4.57 Å². The number of aromatic nitrogens is 2. The topological polar surface area (TPSA) is 74.0 Å². The van der Waals surface area contributed by atoms with Crippen LogP contribution in [-0.2, 0) is 6.54 Å². The summed E-state index contributed by atoms with van der Waals surface area (Å²) < 4.78 is 6.61. The summed E-state index contributed by atoms with van der Waals surface area (Å²) in [5, 5.41) is 0. The zero-order valence-corrected chi connectivity index (χ0v) is 10.1. The van der Waals surface area contributed by atoms with Crippen LogP contribution in [0, 0.1) is 0 Å². The molecule has 0 bridgehead atoms. The molecule has 0 atom stereocenters. The molecule has 5 nitrogen and oxygen atoms in total. The van der Waals surface area contributed by atoms with Gasteiger partial charge in [-0.25, -0.2) is 9.78 Å². The molecular formula is C11H13N3O2S. The maximum Gasteiger partial charge on any atom is 0.421 e. The Kier molecular flexibility index (Phi) is 3.53. The van der Waals surface area contributed by atoms with Crippen LogP contribution < -0.4 is 11.5 Å². The zero-order chi connectivity index (χ0) is 12.3. The van der Waals surface area contributed by atoms with Gasteiger partial charge in [0.25, 0.3) is 0 Å². The summed E-state index contributed by atoms with van der Waals surface area (Å²) in [7, 11) is 0. The van der Waals surface area contributed by atoms with E-state index in [-0.39, 0.29) is 5.76 Å².